The number of guanidine groups is 1. The summed E-state index contributed by atoms with van der Waals surface area (Å²) in [5, 5.41) is 6.71. The number of nitrogens with zero attached hydrogens (tertiary/aromatic N) is 1. The van der Waals surface area contributed by atoms with Crippen molar-refractivity contribution in [2.45, 2.75) is 37.5 Å². The molecule has 27 heavy (non-hydrogen) atoms. The molecule has 6 heteroatoms. The molecule has 1 saturated heterocycles. The lowest BCUT2D eigenvalue weighted by Gasteiger charge is -2.21. The zero-order valence-electron chi connectivity index (χ0n) is 16.6. The standard InChI is InChI=1S/C21H35N3O2S/c1-2-22-21(24-13-7-17-27-20-8-4-3-5-9-20)23-12-6-14-26-18-19-10-15-25-16-11-19/h3-5,8-9,19H,2,6-7,10-18H2,1H3,(H2,22,23,24). The van der Waals surface area contributed by atoms with E-state index in [-0.39, 0.29) is 0 Å². The fourth-order valence-corrected chi connectivity index (χ4v) is 3.71. The van der Waals surface area contributed by atoms with E-state index in [4.69, 9.17) is 9.47 Å². The molecule has 2 N–H and O–H groups in total. The number of hydrogen-bond donors (Lipinski definition) is 2. The molecule has 1 aliphatic rings. The normalized spacial score (nSPS) is 15.7. The molecule has 1 fully saturated rings. The lowest BCUT2D eigenvalue weighted by molar-refractivity contribution is 0.0203. The molecule has 0 unspecified atom stereocenters. The second-order valence-corrected chi connectivity index (χ2v) is 7.86. The average molecular weight is 394 g/mol. The van der Waals surface area contributed by atoms with E-state index in [1.807, 2.05) is 11.8 Å². The third-order valence-corrected chi connectivity index (χ3v) is 5.48. The summed E-state index contributed by atoms with van der Waals surface area (Å²) in [6.07, 6.45) is 4.35. The van der Waals surface area contributed by atoms with Gasteiger partial charge in [0, 0.05) is 51.0 Å². The summed E-state index contributed by atoms with van der Waals surface area (Å²) in [5.74, 6) is 2.68. The molecule has 152 valence electrons. The Labute approximate surface area is 168 Å². The molecule has 1 aromatic rings. The zero-order chi connectivity index (χ0) is 19.0. The molecule has 0 aliphatic carbocycles. The second-order valence-electron chi connectivity index (χ2n) is 6.69. The molecule has 0 saturated carbocycles. The fourth-order valence-electron chi connectivity index (χ4n) is 2.85. The van der Waals surface area contributed by atoms with E-state index in [0.29, 0.717) is 5.92 Å². The van der Waals surface area contributed by atoms with E-state index in [9.17, 15) is 0 Å². The summed E-state index contributed by atoms with van der Waals surface area (Å²) >= 11 is 1.89. The molecule has 0 spiro atoms. The molecule has 1 aromatic carbocycles. The van der Waals surface area contributed by atoms with Gasteiger partial charge in [0.1, 0.15) is 0 Å². The van der Waals surface area contributed by atoms with Crippen LogP contribution in [0.15, 0.2) is 40.2 Å². The maximum atomic E-state index is 5.81. The van der Waals surface area contributed by atoms with Crippen LogP contribution in [0.2, 0.25) is 0 Å². The van der Waals surface area contributed by atoms with Gasteiger partial charge in [-0.3, -0.25) is 4.99 Å². The molecule has 0 bridgehead atoms. The predicted molar refractivity (Wildman–Crippen MR) is 115 cm³/mol. The number of hydrogen-bond acceptors (Lipinski definition) is 4. The maximum absolute atomic E-state index is 5.81. The topological polar surface area (TPSA) is 54.9 Å². The Morgan fingerprint density at radius 1 is 1.19 bits per heavy atom. The van der Waals surface area contributed by atoms with Gasteiger partial charge in [0.2, 0.25) is 0 Å². The van der Waals surface area contributed by atoms with Gasteiger partial charge in [-0.2, -0.15) is 0 Å². The quantitative estimate of drug-likeness (QED) is 0.246. The maximum Gasteiger partial charge on any atom is 0.191 e. The molecule has 5 nitrogen and oxygen atoms in total. The number of thioether (sulfide) groups is 1. The van der Waals surface area contributed by atoms with Crippen LogP contribution in [0.25, 0.3) is 0 Å². The highest BCUT2D eigenvalue weighted by Gasteiger charge is 2.13. The van der Waals surface area contributed by atoms with Crippen molar-refractivity contribution < 1.29 is 9.47 Å². The fraction of sp³-hybridized carbons (Fsp3) is 0.667. The first-order chi connectivity index (χ1) is 13.4. The first-order valence-electron chi connectivity index (χ1n) is 10.2. The number of rotatable bonds is 12. The minimum atomic E-state index is 0.680. The van der Waals surface area contributed by atoms with Crippen LogP contribution < -0.4 is 10.6 Å². The van der Waals surface area contributed by atoms with Gasteiger partial charge in [-0.15, -0.1) is 11.8 Å². The van der Waals surface area contributed by atoms with Crippen LogP contribution in [0.1, 0.15) is 32.6 Å². The van der Waals surface area contributed by atoms with Gasteiger partial charge in [-0.25, -0.2) is 0 Å². The summed E-state index contributed by atoms with van der Waals surface area (Å²) in [6, 6.07) is 10.5. The van der Waals surface area contributed by atoms with Crippen LogP contribution in [0, 0.1) is 5.92 Å². The van der Waals surface area contributed by atoms with Gasteiger partial charge in [-0.1, -0.05) is 18.2 Å². The highest BCUT2D eigenvalue weighted by Crippen LogP contribution is 2.17. The SMILES string of the molecule is CCNC(=NCCCSc1ccccc1)NCCCOCC1CCOCC1. The summed E-state index contributed by atoms with van der Waals surface area (Å²) in [5.41, 5.74) is 0. The van der Waals surface area contributed by atoms with E-state index in [1.54, 1.807) is 0 Å². The highest BCUT2D eigenvalue weighted by atomic mass is 32.2. The Kier molecular flexibility index (Phi) is 12.1. The van der Waals surface area contributed by atoms with Crippen LogP contribution in [0.3, 0.4) is 0 Å². The van der Waals surface area contributed by atoms with E-state index < -0.39 is 0 Å². The lowest BCUT2D eigenvalue weighted by atomic mass is 10.0. The molecule has 0 radical (unpaired) electrons. The van der Waals surface area contributed by atoms with E-state index >= 15 is 0 Å². The third kappa shape index (κ3) is 10.6. The summed E-state index contributed by atoms with van der Waals surface area (Å²) in [7, 11) is 0. The molecular weight excluding hydrogens is 358 g/mol. The van der Waals surface area contributed by atoms with Crippen molar-refractivity contribution >= 4 is 17.7 Å². The molecule has 2 rings (SSSR count). The third-order valence-electron chi connectivity index (χ3n) is 4.38. The van der Waals surface area contributed by atoms with E-state index in [0.717, 1.165) is 83.5 Å². The monoisotopic (exact) mass is 393 g/mol. The first-order valence-corrected chi connectivity index (χ1v) is 11.2. The smallest absolute Gasteiger partial charge is 0.191 e. The summed E-state index contributed by atoms with van der Waals surface area (Å²) in [6.45, 7) is 8.16. The van der Waals surface area contributed by atoms with Crippen molar-refractivity contribution in [1.82, 2.24) is 10.6 Å². The van der Waals surface area contributed by atoms with E-state index in [1.165, 1.54) is 4.90 Å². The largest absolute Gasteiger partial charge is 0.381 e. The Hall–Kier alpha value is -1.24. The number of benzene rings is 1. The van der Waals surface area contributed by atoms with Crippen LogP contribution in [0.4, 0.5) is 0 Å². The zero-order valence-corrected chi connectivity index (χ0v) is 17.4. The Balaban J connectivity index is 1.50. The number of aliphatic imine (C=N–C) groups is 1. The van der Waals surface area contributed by atoms with Gasteiger partial charge in [0.05, 0.1) is 0 Å². The van der Waals surface area contributed by atoms with Crippen molar-refractivity contribution in [3.8, 4) is 0 Å². The van der Waals surface area contributed by atoms with Gasteiger partial charge in [-0.05, 0) is 56.4 Å². The average Bonchev–Trinajstić information content (AvgIpc) is 2.71. The van der Waals surface area contributed by atoms with Crippen molar-refractivity contribution in [3.63, 3.8) is 0 Å². The molecular formula is C21H35N3O2S. The van der Waals surface area contributed by atoms with Crippen molar-refractivity contribution in [3.05, 3.63) is 30.3 Å². The Morgan fingerprint density at radius 2 is 2.00 bits per heavy atom. The van der Waals surface area contributed by atoms with Crippen LogP contribution in [0.5, 0.6) is 0 Å². The van der Waals surface area contributed by atoms with Gasteiger partial charge in [0.15, 0.2) is 5.96 Å². The van der Waals surface area contributed by atoms with Crippen molar-refractivity contribution in [2.75, 3.05) is 51.8 Å². The summed E-state index contributed by atoms with van der Waals surface area (Å²) < 4.78 is 11.2. The van der Waals surface area contributed by atoms with Crippen LogP contribution >= 0.6 is 11.8 Å². The molecule has 1 aliphatic heterocycles. The Morgan fingerprint density at radius 3 is 2.78 bits per heavy atom. The van der Waals surface area contributed by atoms with Crippen LogP contribution in [-0.2, 0) is 9.47 Å². The lowest BCUT2D eigenvalue weighted by Crippen LogP contribution is -2.38. The predicted octanol–water partition coefficient (Wildman–Crippen LogP) is 3.56. The Bertz CT molecular complexity index is 507. The van der Waals surface area contributed by atoms with Gasteiger partial charge < -0.3 is 20.1 Å². The molecule has 0 aromatic heterocycles. The molecule has 0 amide bonds. The van der Waals surface area contributed by atoms with Gasteiger partial charge in [0.25, 0.3) is 0 Å². The van der Waals surface area contributed by atoms with E-state index in [2.05, 4.69) is 52.9 Å². The number of ether oxygens (including phenoxy) is 2. The van der Waals surface area contributed by atoms with Crippen molar-refractivity contribution in [1.29, 1.82) is 0 Å². The van der Waals surface area contributed by atoms with Crippen molar-refractivity contribution in [2.24, 2.45) is 10.9 Å². The summed E-state index contributed by atoms with van der Waals surface area (Å²) in [4.78, 5) is 5.99. The second kappa shape index (κ2) is 14.8. The molecule has 1 heterocycles. The van der Waals surface area contributed by atoms with Gasteiger partial charge >= 0.3 is 0 Å². The number of nitrogens with one attached hydrogen (secondary N) is 2. The first kappa shape index (κ1) is 22.1. The minimum absolute atomic E-state index is 0.680. The highest BCUT2D eigenvalue weighted by molar-refractivity contribution is 7.99. The molecule has 0 atom stereocenters. The van der Waals surface area contributed by atoms with Crippen LogP contribution in [-0.4, -0.2) is 57.8 Å². The minimum Gasteiger partial charge on any atom is -0.381 e.